The van der Waals surface area contributed by atoms with E-state index in [2.05, 4.69) is 10.6 Å². The Hall–Kier alpha value is -1.81. The number of alkyl halides is 3. The third-order valence-electron chi connectivity index (χ3n) is 2.90. The van der Waals surface area contributed by atoms with Gasteiger partial charge in [0.25, 0.3) is 10.1 Å². The first-order valence-corrected chi connectivity index (χ1v) is 8.28. The second-order valence-electron chi connectivity index (χ2n) is 4.90. The first-order chi connectivity index (χ1) is 10.5. The Balaban J connectivity index is 2.45. The van der Waals surface area contributed by atoms with Gasteiger partial charge in [0, 0.05) is 12.2 Å². The second-order valence-corrected chi connectivity index (χ2v) is 6.47. The van der Waals surface area contributed by atoms with Gasteiger partial charge < -0.3 is 10.6 Å². The molecule has 0 bridgehead atoms. The van der Waals surface area contributed by atoms with E-state index in [1.165, 1.54) is 13.0 Å². The number of carbonyl (C=O) groups is 1. The summed E-state index contributed by atoms with van der Waals surface area (Å²) in [7, 11) is -4.01. The second kappa shape index (κ2) is 7.64. The Bertz CT molecular complexity index is 660. The largest absolute Gasteiger partial charge is 0.416 e. The number of aryl methyl sites for hydroxylation is 1. The van der Waals surface area contributed by atoms with E-state index in [1.807, 2.05) is 0 Å². The number of unbranched alkanes of at least 4 members (excludes halogenated alkanes) is 1. The monoisotopic (exact) mass is 354 g/mol. The number of halogens is 3. The lowest BCUT2D eigenvalue weighted by Crippen LogP contribution is -2.29. The molecule has 0 spiro atoms. The number of nitrogens with one attached hydrogen (secondary N) is 2. The third kappa shape index (κ3) is 7.33. The zero-order valence-electron chi connectivity index (χ0n) is 12.3. The fourth-order valence-electron chi connectivity index (χ4n) is 1.85. The molecule has 23 heavy (non-hydrogen) atoms. The van der Waals surface area contributed by atoms with Gasteiger partial charge in [-0.1, -0.05) is 0 Å². The van der Waals surface area contributed by atoms with Crippen LogP contribution in [0.1, 0.15) is 24.0 Å². The van der Waals surface area contributed by atoms with Crippen LogP contribution in [0.25, 0.3) is 0 Å². The van der Waals surface area contributed by atoms with Crippen LogP contribution < -0.4 is 10.6 Å². The molecule has 0 fully saturated rings. The van der Waals surface area contributed by atoms with E-state index in [1.54, 1.807) is 0 Å². The molecule has 10 heteroatoms. The predicted molar refractivity (Wildman–Crippen MR) is 78.9 cm³/mol. The molecule has 0 saturated carbocycles. The predicted octanol–water partition coefficient (Wildman–Crippen LogP) is 2.80. The molecule has 1 rings (SSSR count). The number of hydrogen-bond acceptors (Lipinski definition) is 3. The molecule has 3 N–H and O–H groups in total. The van der Waals surface area contributed by atoms with Crippen LogP contribution in [-0.4, -0.2) is 31.3 Å². The first kappa shape index (κ1) is 19.2. The molecule has 0 atom stereocenters. The van der Waals surface area contributed by atoms with Gasteiger partial charge in [0.1, 0.15) is 0 Å². The van der Waals surface area contributed by atoms with E-state index in [-0.39, 0.29) is 24.2 Å². The lowest BCUT2D eigenvalue weighted by atomic mass is 10.1. The van der Waals surface area contributed by atoms with Crippen molar-refractivity contribution in [2.24, 2.45) is 0 Å². The molecule has 0 aromatic heterocycles. The van der Waals surface area contributed by atoms with Crippen LogP contribution in [0.4, 0.5) is 23.7 Å². The quantitative estimate of drug-likeness (QED) is 0.541. The van der Waals surface area contributed by atoms with Gasteiger partial charge in [-0.2, -0.15) is 21.6 Å². The molecule has 130 valence electrons. The van der Waals surface area contributed by atoms with E-state index in [0.29, 0.717) is 6.42 Å². The molecular weight excluding hydrogens is 337 g/mol. The van der Waals surface area contributed by atoms with Crippen LogP contribution >= 0.6 is 0 Å². The number of amides is 2. The summed E-state index contributed by atoms with van der Waals surface area (Å²) in [5, 5.41) is 4.82. The van der Waals surface area contributed by atoms with Gasteiger partial charge in [0.15, 0.2) is 0 Å². The summed E-state index contributed by atoms with van der Waals surface area (Å²) in [5.41, 5.74) is -0.567. The van der Waals surface area contributed by atoms with E-state index >= 15 is 0 Å². The van der Waals surface area contributed by atoms with Gasteiger partial charge in [-0.15, -0.1) is 0 Å². The van der Waals surface area contributed by atoms with Crippen LogP contribution in [0, 0.1) is 6.92 Å². The van der Waals surface area contributed by atoms with Crippen LogP contribution in [0.3, 0.4) is 0 Å². The van der Waals surface area contributed by atoms with E-state index in [9.17, 15) is 26.4 Å². The van der Waals surface area contributed by atoms with Gasteiger partial charge in [-0.3, -0.25) is 4.55 Å². The molecule has 0 aliphatic rings. The minimum atomic E-state index is -4.45. The summed E-state index contributed by atoms with van der Waals surface area (Å²) < 4.78 is 67.3. The summed E-state index contributed by atoms with van der Waals surface area (Å²) in [5.74, 6) is -0.394. The molecule has 2 amide bonds. The first-order valence-electron chi connectivity index (χ1n) is 6.67. The SMILES string of the molecule is Cc1cc(NC(=O)NCCCCS(=O)(=O)O)ccc1C(F)(F)F. The average molecular weight is 354 g/mol. The maximum Gasteiger partial charge on any atom is 0.416 e. The molecule has 1 aromatic carbocycles. The number of anilines is 1. The zero-order valence-corrected chi connectivity index (χ0v) is 13.1. The number of rotatable bonds is 6. The summed E-state index contributed by atoms with van der Waals surface area (Å²) in [6.07, 6.45) is -3.93. The fraction of sp³-hybridized carbons (Fsp3) is 0.462. The van der Waals surface area contributed by atoms with Crippen molar-refractivity contribution < 1.29 is 30.9 Å². The smallest absolute Gasteiger partial charge is 0.338 e. The molecule has 0 heterocycles. The third-order valence-corrected chi connectivity index (χ3v) is 3.71. The Labute approximate surface area is 131 Å². The highest BCUT2D eigenvalue weighted by molar-refractivity contribution is 7.85. The van der Waals surface area contributed by atoms with Gasteiger partial charge in [0.2, 0.25) is 0 Å². The van der Waals surface area contributed by atoms with Crippen LogP contribution in [0.15, 0.2) is 18.2 Å². The van der Waals surface area contributed by atoms with Gasteiger partial charge in [0.05, 0.1) is 11.3 Å². The molecule has 0 radical (unpaired) electrons. The standard InChI is InChI=1S/C13H17F3N2O4S/c1-9-8-10(4-5-11(9)13(14,15)16)18-12(19)17-6-2-3-7-23(20,21)22/h4-5,8H,2-3,6-7H2,1H3,(H2,17,18,19)(H,20,21,22). The highest BCUT2D eigenvalue weighted by Crippen LogP contribution is 2.32. The number of urea groups is 1. The van der Waals surface area contributed by atoms with Crippen molar-refractivity contribution in [1.82, 2.24) is 5.32 Å². The fourth-order valence-corrected chi connectivity index (χ4v) is 2.42. The van der Waals surface area contributed by atoms with Crippen molar-refractivity contribution in [1.29, 1.82) is 0 Å². The number of benzene rings is 1. The van der Waals surface area contributed by atoms with Crippen molar-refractivity contribution in [2.75, 3.05) is 17.6 Å². The topological polar surface area (TPSA) is 95.5 Å². The number of hydrogen-bond donors (Lipinski definition) is 3. The summed E-state index contributed by atoms with van der Waals surface area (Å²) in [6.45, 7) is 1.46. The molecule has 6 nitrogen and oxygen atoms in total. The maximum atomic E-state index is 12.6. The van der Waals surface area contributed by atoms with Gasteiger partial charge >= 0.3 is 12.2 Å². The minimum absolute atomic E-state index is 0.0107. The van der Waals surface area contributed by atoms with Crippen molar-refractivity contribution in [3.05, 3.63) is 29.3 Å². The van der Waals surface area contributed by atoms with Crippen molar-refractivity contribution in [3.63, 3.8) is 0 Å². The van der Waals surface area contributed by atoms with Crippen molar-refractivity contribution in [2.45, 2.75) is 25.9 Å². The van der Waals surface area contributed by atoms with Crippen molar-refractivity contribution >= 4 is 21.8 Å². The zero-order chi connectivity index (χ0) is 17.7. The Morgan fingerprint density at radius 3 is 2.43 bits per heavy atom. The molecule has 0 aliphatic heterocycles. The molecule has 0 saturated heterocycles. The van der Waals surface area contributed by atoms with Crippen LogP contribution in [0.5, 0.6) is 0 Å². The Morgan fingerprint density at radius 2 is 1.91 bits per heavy atom. The van der Waals surface area contributed by atoms with Gasteiger partial charge in [-0.05, 0) is 43.5 Å². The maximum absolute atomic E-state index is 12.6. The minimum Gasteiger partial charge on any atom is -0.338 e. The summed E-state index contributed by atoms with van der Waals surface area (Å²) in [4.78, 5) is 11.6. The summed E-state index contributed by atoms with van der Waals surface area (Å²) in [6, 6.07) is 2.63. The Kier molecular flexibility index (Phi) is 6.39. The van der Waals surface area contributed by atoms with E-state index in [0.717, 1.165) is 12.1 Å². The highest BCUT2D eigenvalue weighted by Gasteiger charge is 2.32. The lowest BCUT2D eigenvalue weighted by molar-refractivity contribution is -0.138. The van der Waals surface area contributed by atoms with E-state index < -0.39 is 33.6 Å². The normalized spacial score (nSPS) is 12.0. The van der Waals surface area contributed by atoms with Gasteiger partial charge in [-0.25, -0.2) is 4.79 Å². The molecule has 0 aliphatic carbocycles. The average Bonchev–Trinajstić information content (AvgIpc) is 2.35. The van der Waals surface area contributed by atoms with Crippen LogP contribution in [-0.2, 0) is 16.3 Å². The number of carbonyl (C=O) groups excluding carboxylic acids is 1. The van der Waals surface area contributed by atoms with Crippen LogP contribution in [0.2, 0.25) is 0 Å². The van der Waals surface area contributed by atoms with E-state index in [4.69, 9.17) is 4.55 Å². The Morgan fingerprint density at radius 1 is 1.26 bits per heavy atom. The molecule has 0 unspecified atom stereocenters. The summed E-state index contributed by atoms with van der Waals surface area (Å²) >= 11 is 0. The highest BCUT2D eigenvalue weighted by atomic mass is 32.2. The lowest BCUT2D eigenvalue weighted by Gasteiger charge is -2.12. The molecule has 1 aromatic rings. The van der Waals surface area contributed by atoms with Crippen molar-refractivity contribution in [3.8, 4) is 0 Å². The molecular formula is C13H17F3N2O4S.